The van der Waals surface area contributed by atoms with Crippen LogP contribution in [0, 0.1) is 0 Å². The van der Waals surface area contributed by atoms with Gasteiger partial charge in [-0.1, -0.05) is 0 Å². The number of nitrogens with two attached hydrogens (primary N) is 1. The molecule has 112 valence electrons. The molecule has 1 heterocycles. The number of hydrogen-bond donors (Lipinski definition) is 2. The first-order valence-electron chi connectivity index (χ1n) is 6.24. The van der Waals surface area contributed by atoms with Gasteiger partial charge in [-0.25, -0.2) is 4.99 Å². The molecule has 1 aliphatic rings. The smallest absolute Gasteiger partial charge is 0.328 e. The van der Waals surface area contributed by atoms with Gasteiger partial charge in [-0.15, -0.1) is 24.0 Å². The Kier molecular flexibility index (Phi) is 8.31. The van der Waals surface area contributed by atoms with Crippen molar-refractivity contribution in [1.29, 1.82) is 0 Å². The molecule has 7 heteroatoms. The van der Waals surface area contributed by atoms with Crippen LogP contribution >= 0.6 is 24.0 Å². The number of hydrogen-bond acceptors (Lipinski definition) is 4. The summed E-state index contributed by atoms with van der Waals surface area (Å²) in [5.41, 5.74) is 5.15. The number of guanidine groups is 1. The molecule has 19 heavy (non-hydrogen) atoms. The molecule has 0 amide bonds. The monoisotopic (exact) mass is 385 g/mol. The molecule has 1 aliphatic heterocycles. The first kappa shape index (κ1) is 18.4. The maximum atomic E-state index is 11.4. The second-order valence-electron chi connectivity index (χ2n) is 5.30. The highest BCUT2D eigenvalue weighted by atomic mass is 127. The summed E-state index contributed by atoms with van der Waals surface area (Å²) in [7, 11) is 0. The number of carbonyl (C=O) groups is 1. The maximum Gasteiger partial charge on any atom is 0.328 e. The van der Waals surface area contributed by atoms with Crippen LogP contribution in [0.15, 0.2) is 4.99 Å². The summed E-state index contributed by atoms with van der Waals surface area (Å²) >= 11 is 0. The van der Waals surface area contributed by atoms with Gasteiger partial charge in [0.15, 0.2) is 5.96 Å². The lowest BCUT2D eigenvalue weighted by Gasteiger charge is -2.18. The Morgan fingerprint density at radius 1 is 1.53 bits per heavy atom. The molecule has 1 fully saturated rings. The van der Waals surface area contributed by atoms with Gasteiger partial charge in [0.05, 0.1) is 6.10 Å². The average Bonchev–Trinajstić information content (AvgIpc) is 2.74. The zero-order valence-electron chi connectivity index (χ0n) is 11.8. The minimum Gasteiger partial charge on any atom is -0.459 e. The second kappa shape index (κ2) is 8.57. The van der Waals surface area contributed by atoms with Crippen LogP contribution in [0.5, 0.6) is 0 Å². The number of aliphatic imine (C=N–C) groups is 1. The van der Waals surface area contributed by atoms with Crippen molar-refractivity contribution in [3.8, 4) is 0 Å². The van der Waals surface area contributed by atoms with Gasteiger partial charge in [-0.3, -0.25) is 4.79 Å². The van der Waals surface area contributed by atoms with Crippen molar-refractivity contribution in [3.05, 3.63) is 0 Å². The van der Waals surface area contributed by atoms with E-state index >= 15 is 0 Å². The summed E-state index contributed by atoms with van der Waals surface area (Å²) in [6, 6.07) is 0. The summed E-state index contributed by atoms with van der Waals surface area (Å²) in [6.07, 6.45) is 2.31. The highest BCUT2D eigenvalue weighted by Crippen LogP contribution is 2.10. The number of nitrogens with one attached hydrogen (secondary N) is 1. The lowest BCUT2D eigenvalue weighted by Crippen LogP contribution is -2.38. The predicted molar refractivity (Wildman–Crippen MR) is 84.7 cm³/mol. The molecule has 1 saturated heterocycles. The van der Waals surface area contributed by atoms with Crippen LogP contribution in [0.25, 0.3) is 0 Å². The molecule has 3 N–H and O–H groups in total. The van der Waals surface area contributed by atoms with Crippen LogP contribution in [0.4, 0.5) is 0 Å². The Hall–Kier alpha value is -0.570. The summed E-state index contributed by atoms with van der Waals surface area (Å²) in [5, 5.41) is 2.94. The van der Waals surface area contributed by atoms with Crippen molar-refractivity contribution in [3.63, 3.8) is 0 Å². The Labute approximate surface area is 131 Å². The van der Waals surface area contributed by atoms with Crippen LogP contribution < -0.4 is 11.1 Å². The van der Waals surface area contributed by atoms with Gasteiger partial charge in [0.1, 0.15) is 12.1 Å². The summed E-state index contributed by atoms with van der Waals surface area (Å²) < 4.78 is 10.5. The van der Waals surface area contributed by atoms with E-state index in [1.807, 2.05) is 20.8 Å². The number of ether oxygens (including phenoxy) is 2. The van der Waals surface area contributed by atoms with Crippen molar-refractivity contribution in [2.75, 3.05) is 19.7 Å². The zero-order chi connectivity index (χ0) is 13.6. The number of esters is 1. The van der Waals surface area contributed by atoms with E-state index in [4.69, 9.17) is 15.2 Å². The molecule has 1 rings (SSSR count). The first-order chi connectivity index (χ1) is 8.37. The van der Waals surface area contributed by atoms with Crippen LogP contribution in [0.3, 0.4) is 0 Å². The lowest BCUT2D eigenvalue weighted by molar-refractivity contribution is -0.152. The normalized spacial score (nSPS) is 19.7. The average molecular weight is 385 g/mol. The lowest BCUT2D eigenvalue weighted by atomic mass is 10.2. The van der Waals surface area contributed by atoms with Crippen LogP contribution in [0.2, 0.25) is 0 Å². The van der Waals surface area contributed by atoms with Gasteiger partial charge in [-0.2, -0.15) is 0 Å². The summed E-state index contributed by atoms with van der Waals surface area (Å²) in [6.45, 7) is 6.81. The fourth-order valence-electron chi connectivity index (χ4n) is 1.60. The van der Waals surface area contributed by atoms with Gasteiger partial charge in [0.25, 0.3) is 0 Å². The van der Waals surface area contributed by atoms with E-state index in [1.165, 1.54) is 0 Å². The first-order valence-corrected chi connectivity index (χ1v) is 6.24. The largest absolute Gasteiger partial charge is 0.459 e. The van der Waals surface area contributed by atoms with Crippen molar-refractivity contribution in [1.82, 2.24) is 5.32 Å². The highest BCUT2D eigenvalue weighted by molar-refractivity contribution is 14.0. The van der Waals surface area contributed by atoms with Crippen LogP contribution in [0.1, 0.15) is 33.6 Å². The zero-order valence-corrected chi connectivity index (χ0v) is 14.1. The fourth-order valence-corrected chi connectivity index (χ4v) is 1.60. The Balaban J connectivity index is 0.00000324. The topological polar surface area (TPSA) is 85.9 Å². The van der Waals surface area contributed by atoms with Gasteiger partial charge in [0.2, 0.25) is 0 Å². The van der Waals surface area contributed by atoms with Crippen molar-refractivity contribution < 1.29 is 14.3 Å². The van der Waals surface area contributed by atoms with Gasteiger partial charge >= 0.3 is 5.97 Å². The minimum atomic E-state index is -0.494. The van der Waals surface area contributed by atoms with Gasteiger partial charge in [-0.05, 0) is 33.6 Å². The van der Waals surface area contributed by atoms with Crippen LogP contribution in [-0.4, -0.2) is 43.3 Å². The molecule has 0 aromatic heterocycles. The molecule has 0 aromatic rings. The quantitative estimate of drug-likeness (QED) is 0.327. The standard InChI is InChI=1S/C12H23N3O3.HI/c1-12(2,3)18-10(16)8-15-11(13)14-7-9-5-4-6-17-9;/h9H,4-8H2,1-3H3,(H3,13,14,15);1H. The van der Waals surface area contributed by atoms with Crippen molar-refractivity contribution >= 4 is 35.9 Å². The highest BCUT2D eigenvalue weighted by Gasteiger charge is 2.16. The molecule has 1 unspecified atom stereocenters. The number of nitrogens with zero attached hydrogens (tertiary/aromatic N) is 1. The van der Waals surface area contributed by atoms with Crippen LogP contribution in [-0.2, 0) is 14.3 Å². The molecule has 6 nitrogen and oxygen atoms in total. The van der Waals surface area contributed by atoms with E-state index in [2.05, 4.69) is 10.3 Å². The fraction of sp³-hybridized carbons (Fsp3) is 0.833. The van der Waals surface area contributed by atoms with E-state index < -0.39 is 5.60 Å². The molecule has 0 radical (unpaired) electrons. The van der Waals surface area contributed by atoms with E-state index in [1.54, 1.807) is 0 Å². The van der Waals surface area contributed by atoms with Crippen molar-refractivity contribution in [2.45, 2.75) is 45.3 Å². The van der Waals surface area contributed by atoms with E-state index in [0.717, 1.165) is 19.4 Å². The molecule has 0 aliphatic carbocycles. The number of carbonyl (C=O) groups excluding carboxylic acids is 1. The third kappa shape index (κ3) is 9.04. The molecule has 1 atom stereocenters. The number of halogens is 1. The SMILES string of the molecule is CC(C)(C)OC(=O)CN=C(N)NCC1CCCO1.I. The minimum absolute atomic E-state index is 0. The molecule has 0 aromatic carbocycles. The molecular formula is C12H24IN3O3. The van der Waals surface area contributed by atoms with Gasteiger partial charge in [0, 0.05) is 13.2 Å². The second-order valence-corrected chi connectivity index (χ2v) is 5.30. The van der Waals surface area contributed by atoms with E-state index in [9.17, 15) is 4.79 Å². The number of rotatable bonds is 4. The Morgan fingerprint density at radius 3 is 2.74 bits per heavy atom. The Morgan fingerprint density at radius 2 is 2.21 bits per heavy atom. The third-order valence-electron chi connectivity index (χ3n) is 2.33. The molecular weight excluding hydrogens is 361 g/mol. The Bertz CT molecular complexity index is 310. The third-order valence-corrected chi connectivity index (χ3v) is 2.33. The van der Waals surface area contributed by atoms with E-state index in [-0.39, 0.29) is 48.6 Å². The predicted octanol–water partition coefficient (Wildman–Crippen LogP) is 1.03. The van der Waals surface area contributed by atoms with Gasteiger partial charge < -0.3 is 20.5 Å². The molecule has 0 spiro atoms. The van der Waals surface area contributed by atoms with Crippen molar-refractivity contribution in [2.24, 2.45) is 10.7 Å². The summed E-state index contributed by atoms with van der Waals surface area (Å²) in [4.78, 5) is 15.3. The molecule has 0 saturated carbocycles. The summed E-state index contributed by atoms with van der Waals surface area (Å²) in [5.74, 6) is -0.138. The molecule has 0 bridgehead atoms. The van der Waals surface area contributed by atoms with E-state index in [0.29, 0.717) is 6.54 Å². The maximum absolute atomic E-state index is 11.4.